The number of aliphatic hydroxyl groups is 2. The van der Waals surface area contributed by atoms with E-state index in [1.54, 1.807) is 0 Å². The first-order chi connectivity index (χ1) is 9.77. The SMILES string of the molecule is C=C(C)C#C[C@]12O[C@H]1[C@]1(C)O[C@H](C)[C@H](O)C[C@@]13O[C@H]3[C@@H]2O. The fraction of sp³-hybridized carbons (Fsp3) is 0.750. The lowest BCUT2D eigenvalue weighted by atomic mass is 9.66. The number of rotatable bonds is 0. The van der Waals surface area contributed by atoms with Crippen LogP contribution in [0.3, 0.4) is 0 Å². The van der Waals surface area contributed by atoms with Gasteiger partial charge in [0.25, 0.3) is 0 Å². The maximum Gasteiger partial charge on any atom is 0.186 e. The molecule has 114 valence electrons. The first-order valence-electron chi connectivity index (χ1n) is 7.35. The second-order valence-electron chi connectivity index (χ2n) is 6.90. The van der Waals surface area contributed by atoms with Crippen LogP contribution in [-0.4, -0.2) is 57.5 Å². The smallest absolute Gasteiger partial charge is 0.186 e. The third kappa shape index (κ3) is 1.45. The molecule has 5 heteroatoms. The van der Waals surface area contributed by atoms with Crippen LogP contribution in [0.2, 0.25) is 0 Å². The highest BCUT2D eigenvalue weighted by Crippen LogP contribution is 2.68. The van der Waals surface area contributed by atoms with E-state index in [4.69, 9.17) is 14.2 Å². The zero-order chi connectivity index (χ0) is 15.2. The summed E-state index contributed by atoms with van der Waals surface area (Å²) in [7, 11) is 0. The number of ether oxygens (including phenoxy) is 3. The van der Waals surface area contributed by atoms with Gasteiger partial charge >= 0.3 is 0 Å². The average molecular weight is 292 g/mol. The molecule has 2 N–H and O–H groups in total. The lowest BCUT2D eigenvalue weighted by Gasteiger charge is -2.46. The van der Waals surface area contributed by atoms with Crippen LogP contribution in [0.15, 0.2) is 12.2 Å². The summed E-state index contributed by atoms with van der Waals surface area (Å²) in [6, 6.07) is 0. The first kappa shape index (κ1) is 13.7. The van der Waals surface area contributed by atoms with Crippen LogP contribution in [-0.2, 0) is 14.2 Å². The van der Waals surface area contributed by atoms with Crippen molar-refractivity contribution in [3.05, 3.63) is 12.2 Å². The molecule has 3 aliphatic heterocycles. The normalized spacial score (nSPS) is 59.8. The highest BCUT2D eigenvalue weighted by atomic mass is 16.7. The van der Waals surface area contributed by atoms with Crippen molar-refractivity contribution in [2.45, 2.75) is 74.5 Å². The monoisotopic (exact) mass is 292 g/mol. The second kappa shape index (κ2) is 3.70. The summed E-state index contributed by atoms with van der Waals surface area (Å²) in [5.74, 6) is 5.92. The molecule has 3 saturated heterocycles. The quantitative estimate of drug-likeness (QED) is 0.491. The van der Waals surface area contributed by atoms with Crippen molar-refractivity contribution in [2.24, 2.45) is 0 Å². The fourth-order valence-electron chi connectivity index (χ4n) is 4.11. The minimum absolute atomic E-state index is 0.295. The van der Waals surface area contributed by atoms with Crippen molar-refractivity contribution in [2.75, 3.05) is 0 Å². The molecule has 1 aliphatic carbocycles. The predicted octanol–water partition coefficient (Wildman–Crippen LogP) is 0.144. The van der Waals surface area contributed by atoms with E-state index in [1.807, 2.05) is 20.8 Å². The van der Waals surface area contributed by atoms with Gasteiger partial charge in [0.05, 0.1) is 12.2 Å². The molecule has 8 atom stereocenters. The summed E-state index contributed by atoms with van der Waals surface area (Å²) < 4.78 is 17.7. The molecule has 5 nitrogen and oxygen atoms in total. The van der Waals surface area contributed by atoms with Crippen LogP contribution >= 0.6 is 0 Å². The van der Waals surface area contributed by atoms with E-state index in [2.05, 4.69) is 18.4 Å². The van der Waals surface area contributed by atoms with Crippen LogP contribution in [0.4, 0.5) is 0 Å². The Bertz CT molecular complexity index is 591. The van der Waals surface area contributed by atoms with Gasteiger partial charge in [-0.15, -0.1) is 0 Å². The Kier molecular flexibility index (Phi) is 2.42. The second-order valence-corrected chi connectivity index (χ2v) is 6.90. The molecular weight excluding hydrogens is 272 g/mol. The Morgan fingerprint density at radius 3 is 2.67 bits per heavy atom. The topological polar surface area (TPSA) is 74.8 Å². The Hall–Kier alpha value is -0.900. The van der Waals surface area contributed by atoms with E-state index in [9.17, 15) is 10.2 Å². The summed E-state index contributed by atoms with van der Waals surface area (Å²) in [6.45, 7) is 9.35. The van der Waals surface area contributed by atoms with Gasteiger partial charge in [-0.1, -0.05) is 18.4 Å². The van der Waals surface area contributed by atoms with E-state index in [0.717, 1.165) is 5.57 Å². The van der Waals surface area contributed by atoms with Crippen molar-refractivity contribution in [1.29, 1.82) is 0 Å². The van der Waals surface area contributed by atoms with Crippen molar-refractivity contribution in [1.82, 2.24) is 0 Å². The molecule has 1 spiro atoms. The highest BCUT2D eigenvalue weighted by molar-refractivity contribution is 5.46. The summed E-state index contributed by atoms with van der Waals surface area (Å²) in [6.07, 6.45) is -2.01. The van der Waals surface area contributed by atoms with Crippen molar-refractivity contribution in [3.63, 3.8) is 0 Å². The molecule has 0 amide bonds. The molecule has 4 aliphatic rings. The van der Waals surface area contributed by atoms with Gasteiger partial charge in [-0.25, -0.2) is 0 Å². The standard InChI is InChI=1S/C16H20O5/c1-8(2)5-6-15-11(18)12-16(20-12)7-10(17)9(3)19-14(16,4)13(15)21-15/h9-13,17-18H,1,7H2,2-4H3/t9-,10-,11+,12+,13+,14+,15-,16+/m1/s1. The summed E-state index contributed by atoms with van der Waals surface area (Å²) in [5.41, 5.74) is -1.56. The summed E-state index contributed by atoms with van der Waals surface area (Å²) in [5, 5.41) is 20.7. The zero-order valence-corrected chi connectivity index (χ0v) is 12.4. The number of hydrogen-bond donors (Lipinski definition) is 2. The molecule has 1 saturated carbocycles. The predicted molar refractivity (Wildman–Crippen MR) is 73.4 cm³/mol. The molecular formula is C16H20O5. The van der Waals surface area contributed by atoms with Gasteiger partial charge in [-0.3, -0.25) is 0 Å². The molecule has 21 heavy (non-hydrogen) atoms. The maximum atomic E-state index is 10.6. The molecule has 4 fully saturated rings. The van der Waals surface area contributed by atoms with Gasteiger partial charge in [-0.2, -0.15) is 0 Å². The third-order valence-electron chi connectivity index (χ3n) is 5.41. The minimum atomic E-state index is -0.930. The lowest BCUT2D eigenvalue weighted by Crippen LogP contribution is -2.66. The summed E-state index contributed by atoms with van der Waals surface area (Å²) in [4.78, 5) is 0. The number of allylic oxidation sites excluding steroid dienone is 1. The zero-order valence-electron chi connectivity index (χ0n) is 12.4. The van der Waals surface area contributed by atoms with Gasteiger partial charge < -0.3 is 24.4 Å². The molecule has 0 unspecified atom stereocenters. The van der Waals surface area contributed by atoms with Crippen LogP contribution in [0.5, 0.6) is 0 Å². The molecule has 4 rings (SSSR count). The van der Waals surface area contributed by atoms with Crippen molar-refractivity contribution < 1.29 is 24.4 Å². The molecule has 0 aromatic carbocycles. The number of fused-ring (bicyclic) bond motifs is 2. The van der Waals surface area contributed by atoms with Crippen LogP contribution < -0.4 is 0 Å². The Balaban J connectivity index is 1.73. The third-order valence-corrected chi connectivity index (χ3v) is 5.41. The van der Waals surface area contributed by atoms with E-state index in [-0.39, 0.29) is 12.2 Å². The van der Waals surface area contributed by atoms with Crippen LogP contribution in [0.1, 0.15) is 27.2 Å². The van der Waals surface area contributed by atoms with E-state index < -0.39 is 35.1 Å². The molecule has 0 radical (unpaired) electrons. The van der Waals surface area contributed by atoms with Crippen molar-refractivity contribution >= 4 is 0 Å². The minimum Gasteiger partial charge on any atom is -0.390 e. The molecule has 0 bridgehead atoms. The highest BCUT2D eigenvalue weighted by Gasteiger charge is 2.89. The van der Waals surface area contributed by atoms with E-state index >= 15 is 0 Å². The molecule has 0 aromatic rings. The van der Waals surface area contributed by atoms with Crippen molar-refractivity contribution in [3.8, 4) is 11.8 Å². The van der Waals surface area contributed by atoms with Gasteiger partial charge in [0.1, 0.15) is 29.5 Å². The summed E-state index contributed by atoms with van der Waals surface area (Å²) >= 11 is 0. The Morgan fingerprint density at radius 1 is 1.29 bits per heavy atom. The van der Waals surface area contributed by atoms with Crippen LogP contribution in [0, 0.1) is 11.8 Å². The lowest BCUT2D eigenvalue weighted by molar-refractivity contribution is -0.208. The number of aliphatic hydroxyl groups excluding tert-OH is 2. The van der Waals surface area contributed by atoms with Crippen LogP contribution in [0.25, 0.3) is 0 Å². The Labute approximate surface area is 123 Å². The molecule has 0 aromatic heterocycles. The Morgan fingerprint density at radius 2 is 2.00 bits per heavy atom. The van der Waals surface area contributed by atoms with Gasteiger partial charge in [0.2, 0.25) is 0 Å². The first-order valence-corrected chi connectivity index (χ1v) is 7.35. The van der Waals surface area contributed by atoms with Gasteiger partial charge in [0.15, 0.2) is 5.60 Å². The largest absolute Gasteiger partial charge is 0.390 e. The van der Waals surface area contributed by atoms with Gasteiger partial charge in [0, 0.05) is 6.42 Å². The number of epoxide rings is 2. The van der Waals surface area contributed by atoms with E-state index in [0.29, 0.717) is 6.42 Å². The maximum absolute atomic E-state index is 10.6. The van der Waals surface area contributed by atoms with E-state index in [1.165, 1.54) is 0 Å². The number of hydrogen-bond acceptors (Lipinski definition) is 5. The fourth-order valence-corrected chi connectivity index (χ4v) is 4.11. The average Bonchev–Trinajstić information content (AvgIpc) is 3.27. The molecule has 3 heterocycles. The van der Waals surface area contributed by atoms with Gasteiger partial charge in [-0.05, 0) is 26.3 Å².